The number of ether oxygens (including phenoxy) is 2. The summed E-state index contributed by atoms with van der Waals surface area (Å²) >= 11 is 7.60. The molecule has 0 rings (SSSR count). The lowest BCUT2D eigenvalue weighted by atomic mass is 10.1. The molecule has 0 unspecified atom stereocenters. The Labute approximate surface area is 113 Å². The molecule has 0 aromatic carbocycles. The van der Waals surface area contributed by atoms with Crippen LogP contribution in [0, 0.1) is 0 Å². The first-order chi connectivity index (χ1) is 8.20. The summed E-state index contributed by atoms with van der Waals surface area (Å²) in [5.41, 5.74) is 0. The van der Waals surface area contributed by atoms with Gasteiger partial charge in [-0.1, -0.05) is 19.3 Å². The monoisotopic (exact) mass is 280 g/mol. The summed E-state index contributed by atoms with van der Waals surface area (Å²) in [6, 6.07) is 0. The van der Waals surface area contributed by atoms with Crippen molar-refractivity contribution in [2.75, 3.05) is 24.7 Å². The van der Waals surface area contributed by atoms with Gasteiger partial charge in [0.2, 0.25) is 0 Å². The van der Waals surface area contributed by atoms with Crippen molar-refractivity contribution >= 4 is 37.2 Å². The number of thiol groups is 2. The number of esters is 2. The minimum Gasteiger partial charge on any atom is -0.465 e. The maximum absolute atomic E-state index is 10.7. The van der Waals surface area contributed by atoms with Crippen LogP contribution in [0.3, 0.4) is 0 Å². The van der Waals surface area contributed by atoms with Crippen LogP contribution in [-0.2, 0) is 19.1 Å². The van der Waals surface area contributed by atoms with E-state index in [4.69, 9.17) is 9.47 Å². The molecular weight excluding hydrogens is 260 g/mol. The van der Waals surface area contributed by atoms with Crippen molar-refractivity contribution in [1.82, 2.24) is 0 Å². The molecule has 4 nitrogen and oxygen atoms in total. The van der Waals surface area contributed by atoms with E-state index < -0.39 is 0 Å². The zero-order valence-corrected chi connectivity index (χ0v) is 11.7. The molecule has 0 N–H and O–H groups in total. The van der Waals surface area contributed by atoms with Crippen molar-refractivity contribution in [2.24, 2.45) is 0 Å². The average Bonchev–Trinajstić information content (AvgIpc) is 2.35. The summed E-state index contributed by atoms with van der Waals surface area (Å²) in [5, 5.41) is 0. The number of rotatable bonds is 10. The molecule has 0 atom stereocenters. The fourth-order valence-corrected chi connectivity index (χ4v) is 1.38. The summed E-state index contributed by atoms with van der Waals surface area (Å²) in [5.74, 6) is -0.272. The zero-order valence-electron chi connectivity index (χ0n) is 9.89. The lowest BCUT2D eigenvalue weighted by Crippen LogP contribution is -2.07. The Hall–Kier alpha value is -0.360. The Morgan fingerprint density at radius 1 is 0.706 bits per heavy atom. The minimum atomic E-state index is -0.271. The molecule has 100 valence electrons. The van der Waals surface area contributed by atoms with Crippen LogP contribution in [0.2, 0.25) is 0 Å². The molecule has 0 radical (unpaired) electrons. The first-order valence-electron chi connectivity index (χ1n) is 5.73. The molecule has 0 aliphatic heterocycles. The van der Waals surface area contributed by atoms with Crippen LogP contribution in [0.4, 0.5) is 0 Å². The summed E-state index contributed by atoms with van der Waals surface area (Å²) in [4.78, 5) is 21.4. The maximum atomic E-state index is 10.7. The van der Waals surface area contributed by atoms with E-state index >= 15 is 0 Å². The van der Waals surface area contributed by atoms with E-state index in [0.29, 0.717) is 13.2 Å². The molecule has 0 bridgehead atoms. The smallest absolute Gasteiger partial charge is 0.315 e. The second kappa shape index (κ2) is 12.1. The molecule has 0 heterocycles. The first-order valence-corrected chi connectivity index (χ1v) is 7.00. The quantitative estimate of drug-likeness (QED) is 0.364. The number of hydrogen-bond donors (Lipinski definition) is 2. The molecule has 0 aliphatic rings. The fourth-order valence-electron chi connectivity index (χ4n) is 1.20. The maximum Gasteiger partial charge on any atom is 0.315 e. The zero-order chi connectivity index (χ0) is 12.9. The predicted molar refractivity (Wildman–Crippen MR) is 72.7 cm³/mol. The van der Waals surface area contributed by atoms with E-state index in [9.17, 15) is 9.59 Å². The van der Waals surface area contributed by atoms with Crippen molar-refractivity contribution in [3.63, 3.8) is 0 Å². The van der Waals surface area contributed by atoms with Crippen LogP contribution in [0.25, 0.3) is 0 Å². The fraction of sp³-hybridized carbons (Fsp3) is 0.818. The van der Waals surface area contributed by atoms with E-state index in [1.54, 1.807) is 0 Å². The highest BCUT2D eigenvalue weighted by atomic mass is 32.1. The summed E-state index contributed by atoms with van der Waals surface area (Å²) in [6.07, 6.45) is 4.82. The Morgan fingerprint density at radius 3 is 1.41 bits per heavy atom. The van der Waals surface area contributed by atoms with Crippen molar-refractivity contribution in [3.8, 4) is 0 Å². The van der Waals surface area contributed by atoms with Crippen molar-refractivity contribution in [3.05, 3.63) is 0 Å². The van der Waals surface area contributed by atoms with Gasteiger partial charge in [-0.3, -0.25) is 9.59 Å². The molecule has 0 saturated heterocycles. The van der Waals surface area contributed by atoms with Gasteiger partial charge in [0.15, 0.2) is 0 Å². The molecule has 0 saturated carbocycles. The van der Waals surface area contributed by atoms with Gasteiger partial charge in [-0.05, 0) is 12.8 Å². The van der Waals surface area contributed by atoms with Crippen LogP contribution in [0.1, 0.15) is 32.1 Å². The third-order valence-electron chi connectivity index (χ3n) is 2.07. The van der Waals surface area contributed by atoms with Gasteiger partial charge in [0.1, 0.15) is 0 Å². The van der Waals surface area contributed by atoms with Crippen LogP contribution >= 0.6 is 25.3 Å². The van der Waals surface area contributed by atoms with Gasteiger partial charge in [0.25, 0.3) is 0 Å². The van der Waals surface area contributed by atoms with Crippen LogP contribution in [0.5, 0.6) is 0 Å². The van der Waals surface area contributed by atoms with E-state index in [1.165, 1.54) is 0 Å². The SMILES string of the molecule is O=C(CS)OCCCCCCCOC(=O)CS. The highest BCUT2D eigenvalue weighted by Crippen LogP contribution is 2.03. The van der Waals surface area contributed by atoms with Gasteiger partial charge in [-0.2, -0.15) is 25.3 Å². The van der Waals surface area contributed by atoms with Gasteiger partial charge in [0, 0.05) is 0 Å². The number of carbonyl (C=O) groups is 2. The third-order valence-corrected chi connectivity index (χ3v) is 2.59. The normalized spacial score (nSPS) is 10.0. The number of carbonyl (C=O) groups excluding carboxylic acids is 2. The molecule has 17 heavy (non-hydrogen) atoms. The molecule has 6 heteroatoms. The lowest BCUT2D eigenvalue weighted by Gasteiger charge is -2.04. The second-order valence-electron chi connectivity index (χ2n) is 3.52. The molecule has 0 aromatic rings. The van der Waals surface area contributed by atoms with Crippen molar-refractivity contribution < 1.29 is 19.1 Å². The predicted octanol–water partition coefficient (Wildman–Crippen LogP) is 1.88. The van der Waals surface area contributed by atoms with Crippen molar-refractivity contribution in [1.29, 1.82) is 0 Å². The van der Waals surface area contributed by atoms with Crippen LogP contribution in [-0.4, -0.2) is 36.7 Å². The van der Waals surface area contributed by atoms with E-state index in [-0.39, 0.29) is 23.4 Å². The van der Waals surface area contributed by atoms with Gasteiger partial charge in [-0.25, -0.2) is 0 Å². The Kier molecular flexibility index (Phi) is 11.8. The summed E-state index contributed by atoms with van der Waals surface area (Å²) in [6.45, 7) is 0.933. The van der Waals surface area contributed by atoms with E-state index in [2.05, 4.69) is 25.3 Å². The summed E-state index contributed by atoms with van der Waals surface area (Å²) < 4.78 is 9.74. The minimum absolute atomic E-state index is 0.135. The summed E-state index contributed by atoms with van der Waals surface area (Å²) in [7, 11) is 0. The Bertz CT molecular complexity index is 200. The van der Waals surface area contributed by atoms with Gasteiger partial charge in [0.05, 0.1) is 24.7 Å². The van der Waals surface area contributed by atoms with E-state index in [1.807, 2.05) is 0 Å². The lowest BCUT2D eigenvalue weighted by molar-refractivity contribution is -0.141. The molecule has 0 amide bonds. The van der Waals surface area contributed by atoms with E-state index in [0.717, 1.165) is 32.1 Å². The van der Waals surface area contributed by atoms with Gasteiger partial charge < -0.3 is 9.47 Å². The standard InChI is InChI=1S/C11H20O4S2/c12-10(8-16)14-6-4-2-1-3-5-7-15-11(13)9-17/h16-17H,1-9H2. The molecule has 0 aromatic heterocycles. The second-order valence-corrected chi connectivity index (χ2v) is 4.16. The van der Waals surface area contributed by atoms with Gasteiger partial charge in [-0.15, -0.1) is 0 Å². The molecule has 0 fully saturated rings. The average molecular weight is 280 g/mol. The third kappa shape index (κ3) is 11.9. The first kappa shape index (κ1) is 16.6. The van der Waals surface area contributed by atoms with Gasteiger partial charge >= 0.3 is 11.9 Å². The van der Waals surface area contributed by atoms with Crippen molar-refractivity contribution in [2.45, 2.75) is 32.1 Å². The highest BCUT2D eigenvalue weighted by molar-refractivity contribution is 7.81. The van der Waals surface area contributed by atoms with Crippen LogP contribution < -0.4 is 0 Å². The highest BCUT2D eigenvalue weighted by Gasteiger charge is 1.99. The Morgan fingerprint density at radius 2 is 1.06 bits per heavy atom. The topological polar surface area (TPSA) is 52.6 Å². The molecule has 0 aliphatic carbocycles. The Balaban J connectivity index is 3.08. The molecular formula is C11H20O4S2. The number of unbranched alkanes of at least 4 members (excludes halogenated alkanes) is 4. The molecule has 0 spiro atoms. The number of hydrogen-bond acceptors (Lipinski definition) is 6. The van der Waals surface area contributed by atoms with Crippen LogP contribution in [0.15, 0.2) is 0 Å². The largest absolute Gasteiger partial charge is 0.465 e.